The largest absolute Gasteiger partial charge is 0.492 e. The lowest BCUT2D eigenvalue weighted by atomic mass is 9.90. The second-order valence-corrected chi connectivity index (χ2v) is 12.7. The number of rotatable bonds is 2. The lowest BCUT2D eigenvalue weighted by molar-refractivity contribution is 0.349. The molecule has 0 bridgehead atoms. The average Bonchev–Trinajstić information content (AvgIpc) is 2.19. The van der Waals surface area contributed by atoms with Gasteiger partial charge in [-0.3, -0.25) is 0 Å². The topological polar surface area (TPSA) is 52.6 Å². The van der Waals surface area contributed by atoms with E-state index in [1.165, 1.54) is 11.1 Å². The van der Waals surface area contributed by atoms with Crippen molar-refractivity contribution in [2.75, 3.05) is 14.2 Å². The number of fused-ring (bicyclic) bond motifs is 1. The Hall–Kier alpha value is 0.210. The zero-order valence-corrected chi connectivity index (χ0v) is 14.5. The van der Waals surface area contributed by atoms with Crippen molar-refractivity contribution in [1.29, 1.82) is 0 Å². The fourth-order valence-corrected chi connectivity index (χ4v) is 1.23. The molecule has 0 fully saturated rings. The SMILES string of the molecule is COc1c2ccc-2c1OC.O=[SH](=O)C(Br)(Br)Br. The van der Waals surface area contributed by atoms with E-state index < -0.39 is 12.2 Å². The van der Waals surface area contributed by atoms with E-state index in [1.807, 2.05) is 12.1 Å². The Morgan fingerprint density at radius 2 is 1.29 bits per heavy atom. The first kappa shape index (κ1) is 15.3. The van der Waals surface area contributed by atoms with Gasteiger partial charge in [0.2, 0.25) is 1.47 Å². The number of alkyl halides is 3. The molecule has 2 rings (SSSR count). The van der Waals surface area contributed by atoms with Crippen LogP contribution in [0.2, 0.25) is 0 Å². The molecule has 0 aromatic rings. The summed E-state index contributed by atoms with van der Waals surface area (Å²) < 4.78 is 28.9. The minimum absolute atomic E-state index is 0.889. The Bertz CT molecular complexity index is 457. The van der Waals surface area contributed by atoms with Gasteiger partial charge in [0.05, 0.1) is 14.2 Å². The lowest BCUT2D eigenvalue weighted by Crippen LogP contribution is -2.03. The van der Waals surface area contributed by atoms with Crippen LogP contribution in [0.15, 0.2) is 12.1 Å². The molecule has 0 aromatic heterocycles. The quantitative estimate of drug-likeness (QED) is 0.562. The minimum atomic E-state index is -2.49. The second kappa shape index (κ2) is 5.90. The summed E-state index contributed by atoms with van der Waals surface area (Å²) in [7, 11) is 0.823. The monoisotopic (exact) mass is 450 g/mol. The third-order valence-electron chi connectivity index (χ3n) is 2.02. The zero-order valence-electron chi connectivity index (χ0n) is 8.87. The highest BCUT2D eigenvalue weighted by Crippen LogP contribution is 2.54. The van der Waals surface area contributed by atoms with E-state index in [0.29, 0.717) is 0 Å². The highest BCUT2D eigenvalue weighted by atomic mass is 80.0. The molecule has 0 aromatic carbocycles. The maximum absolute atomic E-state index is 9.92. The van der Waals surface area contributed by atoms with Crippen LogP contribution in [-0.2, 0) is 10.7 Å². The van der Waals surface area contributed by atoms with Gasteiger partial charge >= 0.3 is 0 Å². The van der Waals surface area contributed by atoms with Gasteiger partial charge in [-0.2, -0.15) is 0 Å². The molecule has 8 heteroatoms. The van der Waals surface area contributed by atoms with Gasteiger partial charge in [0.15, 0.2) is 22.2 Å². The highest BCUT2D eigenvalue weighted by Gasteiger charge is 2.27. The molecule has 2 aliphatic carbocycles. The van der Waals surface area contributed by atoms with E-state index in [0.717, 1.165) is 11.5 Å². The first-order valence-corrected chi connectivity index (χ1v) is 7.85. The van der Waals surface area contributed by atoms with Gasteiger partial charge in [0.1, 0.15) is 0 Å². The molecule has 0 aliphatic heterocycles. The molecule has 0 unspecified atom stereocenters. The average molecular weight is 453 g/mol. The summed E-state index contributed by atoms with van der Waals surface area (Å²) in [6.45, 7) is 0. The third kappa shape index (κ3) is 3.36. The number of benzene rings is 1. The van der Waals surface area contributed by atoms with Crippen LogP contribution in [0.3, 0.4) is 0 Å². The Morgan fingerprint density at radius 1 is 1.00 bits per heavy atom. The minimum Gasteiger partial charge on any atom is -0.492 e. The molecule has 0 saturated heterocycles. The van der Waals surface area contributed by atoms with Gasteiger partial charge in [-0.1, -0.05) is 0 Å². The van der Waals surface area contributed by atoms with Crippen molar-refractivity contribution in [2.45, 2.75) is 1.47 Å². The van der Waals surface area contributed by atoms with Crippen molar-refractivity contribution in [3.63, 3.8) is 0 Å². The fourth-order valence-electron chi connectivity index (χ4n) is 1.23. The van der Waals surface area contributed by atoms with E-state index >= 15 is 0 Å². The van der Waals surface area contributed by atoms with E-state index in [-0.39, 0.29) is 0 Å². The lowest BCUT2D eigenvalue weighted by Gasteiger charge is -2.24. The van der Waals surface area contributed by atoms with Crippen molar-refractivity contribution in [1.82, 2.24) is 0 Å². The van der Waals surface area contributed by atoms with Crippen LogP contribution in [0.4, 0.5) is 0 Å². The summed E-state index contributed by atoms with van der Waals surface area (Å²) in [5.74, 6) is 1.78. The van der Waals surface area contributed by atoms with Gasteiger partial charge in [-0.25, -0.2) is 8.42 Å². The fraction of sp³-hybridized carbons (Fsp3) is 0.333. The molecule has 0 radical (unpaired) electrons. The van der Waals surface area contributed by atoms with Crippen LogP contribution in [0.5, 0.6) is 11.5 Å². The first-order chi connectivity index (χ1) is 7.82. The van der Waals surface area contributed by atoms with Gasteiger partial charge in [-0.15, -0.1) is 0 Å². The van der Waals surface area contributed by atoms with E-state index in [9.17, 15) is 8.42 Å². The molecule has 96 valence electrons. The number of methoxy groups -OCH3 is 2. The molecule has 0 saturated carbocycles. The van der Waals surface area contributed by atoms with Crippen molar-refractivity contribution in [2.24, 2.45) is 0 Å². The van der Waals surface area contributed by atoms with Crippen molar-refractivity contribution >= 4 is 58.5 Å². The summed E-state index contributed by atoms with van der Waals surface area (Å²) in [6, 6.07) is 4.05. The van der Waals surface area contributed by atoms with E-state index in [2.05, 4.69) is 47.8 Å². The first-order valence-electron chi connectivity index (χ1n) is 4.29. The van der Waals surface area contributed by atoms with Gasteiger partial charge in [0, 0.05) is 11.1 Å². The number of hydrogen-bond donors (Lipinski definition) is 1. The highest BCUT2D eigenvalue weighted by molar-refractivity contribution is 9.42. The van der Waals surface area contributed by atoms with Gasteiger partial charge in [-0.05, 0) is 59.9 Å². The Balaban J connectivity index is 0.000000185. The maximum atomic E-state index is 9.92. The molecule has 0 N–H and O–H groups in total. The molecule has 0 heterocycles. The van der Waals surface area contributed by atoms with Crippen molar-refractivity contribution in [3.05, 3.63) is 12.1 Å². The zero-order chi connectivity index (χ0) is 13.2. The summed E-state index contributed by atoms with van der Waals surface area (Å²) in [6.07, 6.45) is 0. The van der Waals surface area contributed by atoms with E-state index in [1.54, 1.807) is 14.2 Å². The van der Waals surface area contributed by atoms with Gasteiger partial charge < -0.3 is 9.47 Å². The normalized spacial score (nSPS) is 11.6. The molecule has 17 heavy (non-hydrogen) atoms. The number of ether oxygens (including phenoxy) is 2. The maximum Gasteiger partial charge on any atom is 0.232 e. The Morgan fingerprint density at radius 3 is 1.41 bits per heavy atom. The molecular formula is C9H9Br3O4S. The standard InChI is InChI=1S/C8H8O2.CHBr3O2S/c1-9-7-5-3-4-6(5)8(7)10-2;2-1(3,4)7(5)6/h3-4H,1-2H3;7H. The van der Waals surface area contributed by atoms with Crippen LogP contribution in [-0.4, -0.2) is 24.1 Å². The summed E-state index contributed by atoms with van der Waals surface area (Å²) in [5.41, 5.74) is 2.39. The number of hydrogen-bond acceptors (Lipinski definition) is 4. The van der Waals surface area contributed by atoms with Crippen LogP contribution in [0, 0.1) is 0 Å². The third-order valence-corrected chi connectivity index (χ3v) is 5.04. The molecule has 0 atom stereocenters. The van der Waals surface area contributed by atoms with Crippen LogP contribution in [0.1, 0.15) is 0 Å². The predicted molar refractivity (Wildman–Crippen MR) is 78.4 cm³/mol. The van der Waals surface area contributed by atoms with Crippen LogP contribution >= 0.6 is 47.8 Å². The Labute approximate surface area is 126 Å². The summed E-state index contributed by atoms with van der Waals surface area (Å²) in [5, 5.41) is 0. The van der Waals surface area contributed by atoms with Crippen molar-refractivity contribution < 1.29 is 17.9 Å². The van der Waals surface area contributed by atoms with Gasteiger partial charge in [0.25, 0.3) is 0 Å². The number of thiol groups is 1. The van der Waals surface area contributed by atoms with Crippen LogP contribution in [0.25, 0.3) is 11.1 Å². The Kier molecular flexibility index (Phi) is 5.30. The molecule has 4 nitrogen and oxygen atoms in total. The molecule has 0 amide bonds. The van der Waals surface area contributed by atoms with Crippen molar-refractivity contribution in [3.8, 4) is 22.6 Å². The summed E-state index contributed by atoms with van der Waals surface area (Å²) in [4.78, 5) is 0. The van der Waals surface area contributed by atoms with E-state index in [4.69, 9.17) is 9.47 Å². The van der Waals surface area contributed by atoms with Crippen LogP contribution < -0.4 is 9.47 Å². The molecule has 0 spiro atoms. The molecule has 2 aliphatic rings. The number of halogens is 3. The second-order valence-electron chi connectivity index (χ2n) is 2.95. The summed E-state index contributed by atoms with van der Waals surface area (Å²) >= 11 is 8.34. The predicted octanol–water partition coefficient (Wildman–Crippen LogP) is 3.08. The molecular weight excluding hydrogens is 444 g/mol. The smallest absolute Gasteiger partial charge is 0.232 e.